The maximum absolute atomic E-state index is 12.8. The third kappa shape index (κ3) is 4.18. The van der Waals surface area contributed by atoms with Crippen LogP contribution in [0, 0.1) is 0 Å². The molecule has 0 saturated carbocycles. The molecule has 0 unspecified atom stereocenters. The van der Waals surface area contributed by atoms with E-state index < -0.39 is 5.41 Å². The molecule has 122 valence electrons. The van der Waals surface area contributed by atoms with E-state index >= 15 is 0 Å². The van der Waals surface area contributed by atoms with Gasteiger partial charge in [0.15, 0.2) is 0 Å². The van der Waals surface area contributed by atoms with Gasteiger partial charge in [-0.1, -0.05) is 60.7 Å². The Kier molecular flexibility index (Phi) is 6.32. The van der Waals surface area contributed by atoms with Crippen LogP contribution in [-0.2, 0) is 19.7 Å². The molecule has 0 fully saturated rings. The minimum Gasteiger partial charge on any atom is -0.462 e. The van der Waals surface area contributed by atoms with E-state index in [1.54, 1.807) is 0 Å². The minimum atomic E-state index is -0.875. The van der Waals surface area contributed by atoms with Crippen molar-refractivity contribution in [2.75, 3.05) is 26.4 Å². The summed E-state index contributed by atoms with van der Waals surface area (Å²) in [5.41, 5.74) is 0.888. The summed E-state index contributed by atoms with van der Waals surface area (Å²) in [5.74, 6) is -0.317. The summed E-state index contributed by atoms with van der Waals surface area (Å²) in [4.78, 5) is 12.8. The lowest BCUT2D eigenvalue weighted by Gasteiger charge is -2.28. The molecule has 2 aromatic rings. The van der Waals surface area contributed by atoms with Crippen molar-refractivity contribution in [1.82, 2.24) is 0 Å². The molecule has 1 N–H and O–H groups in total. The van der Waals surface area contributed by atoms with Crippen molar-refractivity contribution < 1.29 is 19.4 Å². The van der Waals surface area contributed by atoms with Crippen LogP contribution < -0.4 is 0 Å². The first-order valence-electron chi connectivity index (χ1n) is 7.66. The number of ether oxygens (including phenoxy) is 2. The molecule has 0 heterocycles. The Balaban J connectivity index is 2.19. The second-order valence-electron chi connectivity index (χ2n) is 5.33. The molecule has 0 aliphatic rings. The molecule has 0 bridgehead atoms. The third-order valence-corrected chi connectivity index (χ3v) is 3.81. The van der Waals surface area contributed by atoms with E-state index in [2.05, 4.69) is 0 Å². The highest BCUT2D eigenvalue weighted by Gasteiger charge is 2.38. The van der Waals surface area contributed by atoms with E-state index in [1.165, 1.54) is 0 Å². The minimum absolute atomic E-state index is 0.0420. The van der Waals surface area contributed by atoms with Gasteiger partial charge < -0.3 is 14.6 Å². The zero-order valence-electron chi connectivity index (χ0n) is 13.3. The molecule has 0 saturated heterocycles. The van der Waals surface area contributed by atoms with Crippen LogP contribution in [0.3, 0.4) is 0 Å². The highest BCUT2D eigenvalue weighted by molar-refractivity contribution is 5.87. The van der Waals surface area contributed by atoms with Crippen LogP contribution in [0.1, 0.15) is 18.1 Å². The number of hydrogen-bond donors (Lipinski definition) is 1. The van der Waals surface area contributed by atoms with Gasteiger partial charge in [0.1, 0.15) is 12.0 Å². The number of esters is 1. The maximum atomic E-state index is 12.8. The van der Waals surface area contributed by atoms with Crippen LogP contribution in [0.25, 0.3) is 0 Å². The van der Waals surface area contributed by atoms with Crippen molar-refractivity contribution in [3.8, 4) is 0 Å². The van der Waals surface area contributed by atoms with Crippen LogP contribution in [-0.4, -0.2) is 37.5 Å². The molecular formula is C19H22O4. The summed E-state index contributed by atoms with van der Waals surface area (Å²) in [6.45, 7) is 2.50. The first kappa shape index (κ1) is 17.2. The van der Waals surface area contributed by atoms with Crippen molar-refractivity contribution in [3.05, 3.63) is 71.8 Å². The molecular weight excluding hydrogens is 292 g/mol. The van der Waals surface area contributed by atoms with Gasteiger partial charge in [-0.3, -0.25) is 4.79 Å². The fourth-order valence-corrected chi connectivity index (χ4v) is 2.45. The van der Waals surface area contributed by atoms with E-state index in [4.69, 9.17) is 14.6 Å². The fraction of sp³-hybridized carbons (Fsp3) is 0.316. The standard InChI is InChI=1S/C19H22O4/c1-19(16-8-4-2-5-9-16,17-10-6-3-7-11-17)18(21)23-15-14-22-13-12-20/h2-11,20H,12-15H2,1H3. The Morgan fingerprint density at radius 1 is 0.913 bits per heavy atom. The predicted molar refractivity (Wildman–Crippen MR) is 88.2 cm³/mol. The zero-order chi connectivity index (χ0) is 16.5. The van der Waals surface area contributed by atoms with Crippen molar-refractivity contribution in [1.29, 1.82) is 0 Å². The van der Waals surface area contributed by atoms with Gasteiger partial charge in [-0.2, -0.15) is 0 Å². The molecule has 0 spiro atoms. The average Bonchev–Trinajstić information content (AvgIpc) is 2.62. The summed E-state index contributed by atoms with van der Waals surface area (Å²) in [7, 11) is 0. The number of rotatable bonds is 8. The number of benzene rings is 2. The summed E-state index contributed by atoms with van der Waals surface area (Å²) in [6.07, 6.45) is 0. The highest BCUT2D eigenvalue weighted by Crippen LogP contribution is 2.33. The molecule has 23 heavy (non-hydrogen) atoms. The smallest absolute Gasteiger partial charge is 0.320 e. The van der Waals surface area contributed by atoms with Crippen LogP contribution in [0.15, 0.2) is 60.7 Å². The summed E-state index contributed by atoms with van der Waals surface area (Å²) < 4.78 is 10.5. The van der Waals surface area contributed by atoms with Gasteiger partial charge in [0.25, 0.3) is 0 Å². The highest BCUT2D eigenvalue weighted by atomic mass is 16.6. The molecule has 0 aliphatic heterocycles. The summed E-state index contributed by atoms with van der Waals surface area (Å²) >= 11 is 0. The largest absolute Gasteiger partial charge is 0.462 e. The number of hydrogen-bond acceptors (Lipinski definition) is 4. The number of carbonyl (C=O) groups excluding carboxylic acids is 1. The lowest BCUT2D eigenvalue weighted by Crippen LogP contribution is -2.36. The van der Waals surface area contributed by atoms with Gasteiger partial charge in [-0.25, -0.2) is 0 Å². The molecule has 4 heteroatoms. The predicted octanol–water partition coefficient (Wildman–Crippen LogP) is 2.54. The number of aliphatic hydroxyl groups excluding tert-OH is 1. The molecule has 0 amide bonds. The van der Waals surface area contributed by atoms with E-state index in [0.717, 1.165) is 11.1 Å². The summed E-state index contributed by atoms with van der Waals surface area (Å²) in [6, 6.07) is 19.2. The van der Waals surface area contributed by atoms with Gasteiger partial charge in [0.2, 0.25) is 0 Å². The van der Waals surface area contributed by atoms with Gasteiger partial charge in [-0.05, 0) is 18.1 Å². The lowest BCUT2D eigenvalue weighted by molar-refractivity contribution is -0.150. The van der Waals surface area contributed by atoms with E-state index in [1.807, 2.05) is 67.6 Å². The topological polar surface area (TPSA) is 55.8 Å². The second-order valence-corrected chi connectivity index (χ2v) is 5.33. The van der Waals surface area contributed by atoms with Crippen molar-refractivity contribution >= 4 is 5.97 Å². The monoisotopic (exact) mass is 314 g/mol. The van der Waals surface area contributed by atoms with Crippen molar-refractivity contribution in [3.63, 3.8) is 0 Å². The maximum Gasteiger partial charge on any atom is 0.320 e. The van der Waals surface area contributed by atoms with Crippen LogP contribution in [0.2, 0.25) is 0 Å². The van der Waals surface area contributed by atoms with Gasteiger partial charge in [-0.15, -0.1) is 0 Å². The first-order valence-corrected chi connectivity index (χ1v) is 7.66. The molecule has 2 aromatic carbocycles. The Morgan fingerprint density at radius 2 is 1.43 bits per heavy atom. The quantitative estimate of drug-likeness (QED) is 0.601. The fourth-order valence-electron chi connectivity index (χ4n) is 2.45. The SMILES string of the molecule is CC(C(=O)OCCOCCO)(c1ccccc1)c1ccccc1. The van der Waals surface area contributed by atoms with E-state index in [9.17, 15) is 4.79 Å². The zero-order valence-corrected chi connectivity index (χ0v) is 13.3. The third-order valence-electron chi connectivity index (χ3n) is 3.81. The van der Waals surface area contributed by atoms with E-state index in [-0.39, 0.29) is 32.4 Å². The molecule has 0 radical (unpaired) electrons. The molecule has 4 nitrogen and oxygen atoms in total. The normalized spacial score (nSPS) is 11.2. The molecule has 2 rings (SSSR count). The summed E-state index contributed by atoms with van der Waals surface area (Å²) in [5, 5.41) is 8.67. The van der Waals surface area contributed by atoms with Gasteiger partial charge >= 0.3 is 5.97 Å². The average molecular weight is 314 g/mol. The van der Waals surface area contributed by atoms with Gasteiger partial charge in [0, 0.05) is 0 Å². The van der Waals surface area contributed by atoms with Gasteiger partial charge in [0.05, 0.1) is 19.8 Å². The van der Waals surface area contributed by atoms with Crippen molar-refractivity contribution in [2.45, 2.75) is 12.3 Å². The first-order chi connectivity index (χ1) is 11.2. The molecule has 0 aromatic heterocycles. The Labute approximate surface area is 136 Å². The Morgan fingerprint density at radius 3 is 1.91 bits per heavy atom. The number of carbonyl (C=O) groups is 1. The Bertz CT molecular complexity index is 556. The van der Waals surface area contributed by atoms with Crippen LogP contribution in [0.4, 0.5) is 0 Å². The molecule has 0 atom stereocenters. The van der Waals surface area contributed by atoms with Crippen molar-refractivity contribution in [2.24, 2.45) is 0 Å². The van der Waals surface area contributed by atoms with Crippen LogP contribution in [0.5, 0.6) is 0 Å². The molecule has 0 aliphatic carbocycles. The lowest BCUT2D eigenvalue weighted by atomic mass is 9.76. The van der Waals surface area contributed by atoms with Crippen LogP contribution >= 0.6 is 0 Å². The van der Waals surface area contributed by atoms with E-state index in [0.29, 0.717) is 0 Å². The Hall–Kier alpha value is -2.17. The number of aliphatic hydroxyl groups is 1. The second kappa shape index (κ2) is 8.46.